The van der Waals surface area contributed by atoms with Crippen LogP contribution in [-0.4, -0.2) is 35.0 Å². The molecule has 178 valence electrons. The number of nitrogens with one attached hydrogen (secondary N) is 2. The Balaban J connectivity index is 1.34. The molecule has 0 atom stereocenters. The largest absolute Gasteiger partial charge is 0.350 e. The van der Waals surface area contributed by atoms with Crippen molar-refractivity contribution in [3.05, 3.63) is 90.0 Å². The minimum absolute atomic E-state index is 0.218. The first-order valence-corrected chi connectivity index (χ1v) is 11.1. The third-order valence-electron chi connectivity index (χ3n) is 6.10. The van der Waals surface area contributed by atoms with Crippen molar-refractivity contribution in [2.75, 3.05) is 5.32 Å². The molecule has 6 aromatic rings. The van der Waals surface area contributed by atoms with Crippen LogP contribution in [0.15, 0.2) is 66.9 Å². The van der Waals surface area contributed by atoms with Crippen LogP contribution in [0.1, 0.15) is 16.3 Å². The van der Waals surface area contributed by atoms with Crippen LogP contribution in [0.5, 0.6) is 0 Å². The van der Waals surface area contributed by atoms with Gasteiger partial charge < -0.3 is 14.9 Å². The number of benzene rings is 2. The summed E-state index contributed by atoms with van der Waals surface area (Å²) < 4.78 is 30.9. The molecule has 0 unspecified atom stereocenters. The third-order valence-corrected chi connectivity index (χ3v) is 6.10. The summed E-state index contributed by atoms with van der Waals surface area (Å²) in [7, 11) is 1.89. The van der Waals surface area contributed by atoms with Gasteiger partial charge in [0.05, 0.1) is 17.6 Å². The smallest absolute Gasteiger partial charge is 0.273 e. The molecule has 4 heterocycles. The van der Waals surface area contributed by atoms with E-state index in [-0.39, 0.29) is 11.5 Å². The van der Waals surface area contributed by atoms with Gasteiger partial charge in [-0.25, -0.2) is 23.3 Å². The molecule has 0 fully saturated rings. The molecule has 0 aliphatic rings. The molecule has 0 saturated carbocycles. The Labute approximate surface area is 203 Å². The van der Waals surface area contributed by atoms with E-state index >= 15 is 0 Å². The number of H-pyrrole nitrogens is 1. The Morgan fingerprint density at radius 3 is 2.61 bits per heavy atom. The normalized spacial score (nSPS) is 11.4. The fourth-order valence-electron chi connectivity index (χ4n) is 4.21. The highest BCUT2D eigenvalue weighted by Gasteiger charge is 2.19. The predicted octanol–water partition coefficient (Wildman–Crippen LogP) is 5.12. The highest BCUT2D eigenvalue weighted by atomic mass is 19.1. The van der Waals surface area contributed by atoms with Crippen LogP contribution < -0.4 is 5.32 Å². The fraction of sp³-hybridized carbons (Fsp3) is 0.0769. The van der Waals surface area contributed by atoms with Crippen LogP contribution in [0, 0.1) is 18.6 Å². The van der Waals surface area contributed by atoms with Gasteiger partial charge in [-0.2, -0.15) is 5.10 Å². The predicted molar refractivity (Wildman–Crippen MR) is 132 cm³/mol. The third kappa shape index (κ3) is 3.59. The van der Waals surface area contributed by atoms with Crippen molar-refractivity contribution in [1.29, 1.82) is 0 Å². The molecule has 1 amide bonds. The molecule has 36 heavy (non-hydrogen) atoms. The number of aromatic amines is 1. The second-order valence-corrected chi connectivity index (χ2v) is 8.41. The number of imidazole rings is 2. The molecule has 4 aromatic heterocycles. The highest BCUT2D eigenvalue weighted by Crippen LogP contribution is 2.31. The van der Waals surface area contributed by atoms with Crippen molar-refractivity contribution in [3.8, 4) is 22.6 Å². The number of amides is 1. The van der Waals surface area contributed by atoms with Crippen molar-refractivity contribution in [3.63, 3.8) is 0 Å². The molecule has 0 aliphatic carbocycles. The SMILES string of the molecule is Cc1nc(-c2ccc(F)cc2)c(-c2ccc3nc(NC(=O)c4cc5c(F)cccc5[nH]4)cn3n2)n1C. The monoisotopic (exact) mass is 483 g/mol. The summed E-state index contributed by atoms with van der Waals surface area (Å²) in [4.78, 5) is 24.8. The van der Waals surface area contributed by atoms with E-state index in [1.54, 1.807) is 41.0 Å². The van der Waals surface area contributed by atoms with Gasteiger partial charge in [0.25, 0.3) is 5.91 Å². The van der Waals surface area contributed by atoms with E-state index in [0.29, 0.717) is 33.8 Å². The highest BCUT2D eigenvalue weighted by molar-refractivity contribution is 6.05. The number of aryl methyl sites for hydroxylation is 1. The lowest BCUT2D eigenvalue weighted by Gasteiger charge is -2.07. The number of rotatable bonds is 4. The van der Waals surface area contributed by atoms with Gasteiger partial charge in [-0.15, -0.1) is 0 Å². The van der Waals surface area contributed by atoms with Crippen molar-refractivity contribution >= 4 is 28.3 Å². The molecule has 2 aromatic carbocycles. The van der Waals surface area contributed by atoms with Gasteiger partial charge in [0.1, 0.15) is 28.8 Å². The molecule has 0 radical (unpaired) electrons. The molecule has 10 heteroatoms. The van der Waals surface area contributed by atoms with Crippen molar-refractivity contribution in [1.82, 2.24) is 29.1 Å². The Morgan fingerprint density at radius 2 is 1.83 bits per heavy atom. The lowest BCUT2D eigenvalue weighted by molar-refractivity contribution is 0.102. The van der Waals surface area contributed by atoms with E-state index in [4.69, 9.17) is 0 Å². The molecule has 8 nitrogen and oxygen atoms in total. The molecule has 2 N–H and O–H groups in total. The number of carbonyl (C=O) groups is 1. The zero-order valence-electron chi connectivity index (χ0n) is 19.3. The number of hydrogen-bond acceptors (Lipinski definition) is 4. The van der Waals surface area contributed by atoms with Gasteiger partial charge in [-0.3, -0.25) is 4.79 Å². The number of aromatic nitrogens is 6. The van der Waals surface area contributed by atoms with Crippen molar-refractivity contribution < 1.29 is 13.6 Å². The lowest BCUT2D eigenvalue weighted by Crippen LogP contribution is -2.12. The minimum atomic E-state index is -0.449. The maximum absolute atomic E-state index is 14.0. The average molecular weight is 483 g/mol. The zero-order valence-corrected chi connectivity index (χ0v) is 19.3. The second-order valence-electron chi connectivity index (χ2n) is 8.41. The van der Waals surface area contributed by atoms with E-state index in [9.17, 15) is 13.6 Å². The second kappa shape index (κ2) is 8.12. The lowest BCUT2D eigenvalue weighted by atomic mass is 10.1. The van der Waals surface area contributed by atoms with Crippen LogP contribution in [-0.2, 0) is 7.05 Å². The summed E-state index contributed by atoms with van der Waals surface area (Å²) >= 11 is 0. The molecule has 0 saturated heterocycles. The van der Waals surface area contributed by atoms with Crippen LogP contribution >= 0.6 is 0 Å². The number of fused-ring (bicyclic) bond motifs is 2. The molecular weight excluding hydrogens is 464 g/mol. The van der Waals surface area contributed by atoms with E-state index < -0.39 is 11.7 Å². The summed E-state index contributed by atoms with van der Waals surface area (Å²) in [5.41, 5.74) is 4.12. The van der Waals surface area contributed by atoms with Crippen LogP contribution in [0.25, 0.3) is 39.2 Å². The van der Waals surface area contributed by atoms with Gasteiger partial charge in [0, 0.05) is 23.5 Å². The number of nitrogens with zero attached hydrogens (tertiary/aromatic N) is 5. The fourth-order valence-corrected chi connectivity index (χ4v) is 4.21. The van der Waals surface area contributed by atoms with E-state index in [0.717, 1.165) is 17.1 Å². The van der Waals surface area contributed by atoms with Crippen LogP contribution in [0.4, 0.5) is 14.6 Å². The van der Waals surface area contributed by atoms with E-state index in [1.807, 2.05) is 24.6 Å². The number of halogens is 2. The number of anilines is 1. The van der Waals surface area contributed by atoms with Crippen LogP contribution in [0.3, 0.4) is 0 Å². The Kier molecular flexibility index (Phi) is 4.89. The van der Waals surface area contributed by atoms with E-state index in [1.165, 1.54) is 24.3 Å². The van der Waals surface area contributed by atoms with Gasteiger partial charge in [0.2, 0.25) is 0 Å². The minimum Gasteiger partial charge on any atom is -0.350 e. The first-order valence-electron chi connectivity index (χ1n) is 11.1. The van der Waals surface area contributed by atoms with Gasteiger partial charge in [-0.05, 0) is 61.5 Å². The molecular formula is C26H19F2N7O. The maximum atomic E-state index is 14.0. The maximum Gasteiger partial charge on any atom is 0.273 e. The average Bonchev–Trinajstić information content (AvgIpc) is 3.55. The summed E-state index contributed by atoms with van der Waals surface area (Å²) in [5, 5.41) is 7.75. The van der Waals surface area contributed by atoms with E-state index in [2.05, 4.69) is 25.4 Å². The molecule has 6 rings (SSSR count). The first-order chi connectivity index (χ1) is 17.4. The molecule has 0 aliphatic heterocycles. The first kappa shape index (κ1) is 21.7. The summed E-state index contributed by atoms with van der Waals surface area (Å²) in [6.45, 7) is 1.88. The molecule has 0 bridgehead atoms. The standard InChI is InChI=1S/C26H19F2N7O/c1-14-29-24(15-6-8-16(27)9-7-15)25(34(14)2)20-10-11-23-31-22(13-35(23)33-20)32-26(36)21-12-17-18(28)4-3-5-19(17)30-21/h3-13,30H,1-2H3,(H,32,36). The molecule has 0 spiro atoms. The zero-order chi connectivity index (χ0) is 25.0. The number of carbonyl (C=O) groups excluding carboxylic acids is 1. The van der Waals surface area contributed by atoms with Crippen molar-refractivity contribution in [2.24, 2.45) is 7.05 Å². The topological polar surface area (TPSA) is 92.9 Å². The Bertz CT molecular complexity index is 1780. The van der Waals surface area contributed by atoms with Gasteiger partial charge >= 0.3 is 0 Å². The summed E-state index contributed by atoms with van der Waals surface area (Å²) in [6, 6.07) is 15.8. The number of hydrogen-bond donors (Lipinski definition) is 2. The van der Waals surface area contributed by atoms with Gasteiger partial charge in [0.15, 0.2) is 11.5 Å². The van der Waals surface area contributed by atoms with Gasteiger partial charge in [-0.1, -0.05) is 6.07 Å². The van der Waals surface area contributed by atoms with Crippen LogP contribution in [0.2, 0.25) is 0 Å². The Morgan fingerprint density at radius 1 is 1.03 bits per heavy atom. The van der Waals surface area contributed by atoms with Crippen molar-refractivity contribution in [2.45, 2.75) is 6.92 Å². The quantitative estimate of drug-likeness (QED) is 0.364. The summed E-state index contributed by atoms with van der Waals surface area (Å²) in [6.07, 6.45) is 1.60. The Hall–Kier alpha value is -4.86. The summed E-state index contributed by atoms with van der Waals surface area (Å²) in [5.74, 6) is -0.103.